The van der Waals surface area contributed by atoms with Crippen LogP contribution in [0.3, 0.4) is 0 Å². The highest BCUT2D eigenvalue weighted by atomic mass is 16.3. The van der Waals surface area contributed by atoms with Crippen molar-refractivity contribution < 1.29 is 4.42 Å². The number of rotatable bonds is 8. The number of nitrogen functional groups attached to an aromatic ring is 1. The molecule has 2 unspecified atom stereocenters. The van der Waals surface area contributed by atoms with E-state index in [1.807, 2.05) is 30.6 Å². The van der Waals surface area contributed by atoms with Gasteiger partial charge in [0, 0.05) is 64.2 Å². The van der Waals surface area contributed by atoms with Crippen molar-refractivity contribution in [3.05, 3.63) is 78.6 Å². The summed E-state index contributed by atoms with van der Waals surface area (Å²) in [6.45, 7) is 6.39. The maximum Gasteiger partial charge on any atom is 0.259 e. The van der Waals surface area contributed by atoms with E-state index in [1.165, 1.54) is 10.9 Å². The van der Waals surface area contributed by atoms with Gasteiger partial charge in [-0.3, -0.25) is 19.8 Å². The highest BCUT2D eigenvalue weighted by Gasteiger charge is 2.34. The van der Waals surface area contributed by atoms with Crippen LogP contribution in [0.4, 0.5) is 11.9 Å². The average molecular weight is 552 g/mol. The Morgan fingerprint density at radius 2 is 1.68 bits per heavy atom. The van der Waals surface area contributed by atoms with Gasteiger partial charge in [-0.1, -0.05) is 12.1 Å². The van der Waals surface area contributed by atoms with E-state index in [1.54, 1.807) is 12.3 Å². The molecule has 0 spiro atoms. The van der Waals surface area contributed by atoms with Gasteiger partial charge in [-0.05, 0) is 55.2 Å². The first-order chi connectivity index (χ1) is 20.2. The third-order valence-corrected chi connectivity index (χ3v) is 7.99. The molecule has 7 rings (SSSR count). The van der Waals surface area contributed by atoms with Gasteiger partial charge >= 0.3 is 0 Å². The SMILES string of the molecule is Nc1nc(N2CCN3CC(CN(Cc4ccccn4)Cc4ccccn4)CCC3C2)nc2nc(-c3ccco3)nn12. The zero-order valence-electron chi connectivity index (χ0n) is 22.8. The third-order valence-electron chi connectivity index (χ3n) is 7.99. The van der Waals surface area contributed by atoms with E-state index >= 15 is 0 Å². The first kappa shape index (κ1) is 25.5. The predicted molar refractivity (Wildman–Crippen MR) is 154 cm³/mol. The van der Waals surface area contributed by atoms with Crippen molar-refractivity contribution in [2.24, 2.45) is 5.92 Å². The lowest BCUT2D eigenvalue weighted by Crippen LogP contribution is -2.57. The molecule has 2 atom stereocenters. The molecule has 2 N–H and O–H groups in total. The van der Waals surface area contributed by atoms with Crippen molar-refractivity contribution in [1.29, 1.82) is 0 Å². The maximum absolute atomic E-state index is 6.27. The lowest BCUT2D eigenvalue weighted by atomic mass is 9.90. The highest BCUT2D eigenvalue weighted by Crippen LogP contribution is 2.28. The summed E-state index contributed by atoms with van der Waals surface area (Å²) in [5.74, 6) is 2.89. The molecule has 0 aliphatic carbocycles. The summed E-state index contributed by atoms with van der Waals surface area (Å²) in [5, 5.41) is 4.41. The molecule has 2 fully saturated rings. The molecule has 2 saturated heterocycles. The van der Waals surface area contributed by atoms with Gasteiger partial charge in [0.15, 0.2) is 5.76 Å². The van der Waals surface area contributed by atoms with Crippen LogP contribution in [-0.4, -0.2) is 83.1 Å². The van der Waals surface area contributed by atoms with Crippen LogP contribution in [0.2, 0.25) is 0 Å². The van der Waals surface area contributed by atoms with Gasteiger partial charge < -0.3 is 15.1 Å². The van der Waals surface area contributed by atoms with Gasteiger partial charge in [-0.2, -0.15) is 19.5 Å². The summed E-state index contributed by atoms with van der Waals surface area (Å²) in [6.07, 6.45) is 7.64. The summed E-state index contributed by atoms with van der Waals surface area (Å²) in [6, 6.07) is 16.3. The van der Waals surface area contributed by atoms with Crippen LogP contribution in [0.15, 0.2) is 71.6 Å². The fraction of sp³-hybridized carbons (Fsp3) is 0.379. The number of hydrogen-bond acceptors (Lipinski definition) is 11. The van der Waals surface area contributed by atoms with Crippen LogP contribution < -0.4 is 10.6 Å². The normalized spacial score (nSPS) is 19.6. The number of nitrogens with two attached hydrogens (primary N) is 1. The number of fused-ring (bicyclic) bond motifs is 2. The molecule has 12 nitrogen and oxygen atoms in total. The quantitative estimate of drug-likeness (QED) is 0.305. The minimum absolute atomic E-state index is 0.266. The van der Waals surface area contributed by atoms with Crippen molar-refractivity contribution in [1.82, 2.24) is 44.3 Å². The number of hydrogen-bond donors (Lipinski definition) is 1. The Labute approximate surface area is 237 Å². The second-order valence-corrected chi connectivity index (χ2v) is 10.9. The van der Waals surface area contributed by atoms with E-state index in [9.17, 15) is 0 Å². The highest BCUT2D eigenvalue weighted by molar-refractivity contribution is 5.53. The van der Waals surface area contributed by atoms with Crippen LogP contribution in [0.1, 0.15) is 24.2 Å². The minimum Gasteiger partial charge on any atom is -0.461 e. The molecular formula is C29H33N11O. The Morgan fingerprint density at radius 1 is 0.878 bits per heavy atom. The molecule has 5 aromatic heterocycles. The second-order valence-electron chi connectivity index (χ2n) is 10.9. The first-order valence-corrected chi connectivity index (χ1v) is 14.1. The number of pyridine rings is 2. The molecule has 0 radical (unpaired) electrons. The molecule has 0 aromatic carbocycles. The monoisotopic (exact) mass is 551 g/mol. The molecule has 41 heavy (non-hydrogen) atoms. The lowest BCUT2D eigenvalue weighted by molar-refractivity contribution is 0.0717. The Kier molecular flexibility index (Phi) is 6.99. The molecular weight excluding hydrogens is 518 g/mol. The summed E-state index contributed by atoms with van der Waals surface area (Å²) in [7, 11) is 0. The predicted octanol–water partition coefficient (Wildman–Crippen LogP) is 2.75. The van der Waals surface area contributed by atoms with Crippen molar-refractivity contribution in [3.63, 3.8) is 0 Å². The average Bonchev–Trinajstić information content (AvgIpc) is 3.69. The summed E-state index contributed by atoms with van der Waals surface area (Å²) >= 11 is 0. The summed E-state index contributed by atoms with van der Waals surface area (Å²) < 4.78 is 6.90. The fourth-order valence-corrected chi connectivity index (χ4v) is 6.03. The van der Waals surface area contributed by atoms with Gasteiger partial charge in [-0.25, -0.2) is 0 Å². The van der Waals surface area contributed by atoms with Gasteiger partial charge in [0.05, 0.1) is 17.7 Å². The smallest absolute Gasteiger partial charge is 0.259 e. The van der Waals surface area contributed by atoms with Crippen LogP contribution in [-0.2, 0) is 13.1 Å². The molecule has 5 aromatic rings. The molecule has 2 aliphatic heterocycles. The molecule has 0 saturated carbocycles. The Bertz CT molecular complexity index is 1530. The Morgan fingerprint density at radius 3 is 2.39 bits per heavy atom. The maximum atomic E-state index is 6.27. The van der Waals surface area contributed by atoms with Crippen LogP contribution in [0.25, 0.3) is 17.4 Å². The molecule has 0 amide bonds. The van der Waals surface area contributed by atoms with Crippen molar-refractivity contribution in [2.75, 3.05) is 43.4 Å². The van der Waals surface area contributed by atoms with E-state index < -0.39 is 0 Å². The fourth-order valence-electron chi connectivity index (χ4n) is 6.03. The minimum atomic E-state index is 0.266. The van der Waals surface area contributed by atoms with E-state index in [4.69, 9.17) is 15.1 Å². The zero-order chi connectivity index (χ0) is 27.6. The van der Waals surface area contributed by atoms with Gasteiger partial charge in [0.2, 0.25) is 17.7 Å². The number of furan rings is 1. The largest absolute Gasteiger partial charge is 0.461 e. The summed E-state index contributed by atoms with van der Waals surface area (Å²) in [4.78, 5) is 30.3. The Hall–Kier alpha value is -4.42. The van der Waals surface area contributed by atoms with Crippen molar-refractivity contribution >= 4 is 17.7 Å². The lowest BCUT2D eigenvalue weighted by Gasteiger charge is -2.47. The molecule has 210 valence electrons. The zero-order valence-corrected chi connectivity index (χ0v) is 22.8. The van der Waals surface area contributed by atoms with Crippen molar-refractivity contribution in [2.45, 2.75) is 32.0 Å². The van der Waals surface area contributed by atoms with E-state index in [2.05, 4.69) is 64.0 Å². The molecule has 2 aliphatic rings. The van der Waals surface area contributed by atoms with Gasteiger partial charge in [-0.15, -0.1) is 5.10 Å². The van der Waals surface area contributed by atoms with E-state index in [0.717, 1.165) is 63.6 Å². The van der Waals surface area contributed by atoms with Crippen LogP contribution in [0.5, 0.6) is 0 Å². The van der Waals surface area contributed by atoms with Gasteiger partial charge in [0.1, 0.15) is 0 Å². The number of aromatic nitrogens is 7. The van der Waals surface area contributed by atoms with E-state index in [0.29, 0.717) is 35.3 Å². The van der Waals surface area contributed by atoms with E-state index in [-0.39, 0.29) is 5.95 Å². The van der Waals surface area contributed by atoms with Crippen LogP contribution >= 0.6 is 0 Å². The third kappa shape index (κ3) is 5.61. The molecule has 7 heterocycles. The number of piperidine rings is 1. The topological polar surface area (TPSA) is 131 Å². The number of anilines is 2. The molecule has 0 bridgehead atoms. The first-order valence-electron chi connectivity index (χ1n) is 14.1. The second kappa shape index (κ2) is 11.2. The molecule has 12 heteroatoms. The number of nitrogens with zero attached hydrogens (tertiary/aromatic N) is 10. The van der Waals surface area contributed by atoms with Crippen molar-refractivity contribution in [3.8, 4) is 11.6 Å². The summed E-state index contributed by atoms with van der Waals surface area (Å²) in [5.41, 5.74) is 8.44. The number of piperazine rings is 1. The van der Waals surface area contributed by atoms with Crippen LogP contribution in [0, 0.1) is 5.92 Å². The van der Waals surface area contributed by atoms with Gasteiger partial charge in [0.25, 0.3) is 5.78 Å². The standard InChI is InChI=1S/C29H33N11O/c30-27-34-28(35-29-33-26(36-40(27)29)25-8-5-15-41-25)39-14-13-38-17-21(9-10-24(38)20-39)16-37(18-22-6-1-3-11-31-22)19-23-7-2-4-12-32-23/h1-8,11-12,15,21,24H,9-10,13-14,16-20H2,(H2,30,33,34,35,36). The Balaban J connectivity index is 1.01.